The SMILES string of the molecule is CCOC(=O)C=C(CC(=O)OCC)Nc1ccc(N(CC)CC)cc1. The summed E-state index contributed by atoms with van der Waals surface area (Å²) in [6.45, 7) is 10.1. The van der Waals surface area contributed by atoms with Gasteiger partial charge in [-0.05, 0) is 52.0 Å². The van der Waals surface area contributed by atoms with Gasteiger partial charge in [-0.1, -0.05) is 0 Å². The molecular formula is C19H28N2O4. The van der Waals surface area contributed by atoms with Crippen molar-refractivity contribution in [2.45, 2.75) is 34.1 Å². The number of nitrogens with one attached hydrogen (secondary N) is 1. The van der Waals surface area contributed by atoms with Crippen LogP contribution < -0.4 is 10.2 Å². The zero-order chi connectivity index (χ0) is 18.7. The van der Waals surface area contributed by atoms with Crippen LogP contribution in [0.1, 0.15) is 34.1 Å². The molecule has 0 bridgehead atoms. The van der Waals surface area contributed by atoms with E-state index in [-0.39, 0.29) is 13.0 Å². The lowest BCUT2D eigenvalue weighted by molar-refractivity contribution is -0.142. The summed E-state index contributed by atoms with van der Waals surface area (Å²) >= 11 is 0. The first-order valence-electron chi connectivity index (χ1n) is 8.68. The lowest BCUT2D eigenvalue weighted by Crippen LogP contribution is -2.21. The Morgan fingerprint density at radius 2 is 1.60 bits per heavy atom. The normalized spacial score (nSPS) is 11.0. The van der Waals surface area contributed by atoms with Gasteiger partial charge in [-0.25, -0.2) is 4.79 Å². The van der Waals surface area contributed by atoms with Crippen LogP contribution in [0.2, 0.25) is 0 Å². The minimum absolute atomic E-state index is 0.0234. The predicted octanol–water partition coefficient (Wildman–Crippen LogP) is 3.34. The first-order valence-corrected chi connectivity index (χ1v) is 8.68. The third kappa shape index (κ3) is 7.28. The summed E-state index contributed by atoms with van der Waals surface area (Å²) in [5.41, 5.74) is 2.35. The number of carbonyl (C=O) groups excluding carboxylic acids is 2. The Balaban J connectivity index is 2.89. The third-order valence-electron chi connectivity index (χ3n) is 3.52. The van der Waals surface area contributed by atoms with E-state index in [1.165, 1.54) is 6.08 Å². The van der Waals surface area contributed by atoms with Gasteiger partial charge in [0.1, 0.15) is 0 Å². The van der Waals surface area contributed by atoms with E-state index < -0.39 is 11.9 Å². The molecule has 0 fully saturated rings. The minimum Gasteiger partial charge on any atom is -0.466 e. The number of esters is 2. The van der Waals surface area contributed by atoms with Crippen molar-refractivity contribution in [1.82, 2.24) is 0 Å². The van der Waals surface area contributed by atoms with Gasteiger partial charge in [-0.3, -0.25) is 4.79 Å². The van der Waals surface area contributed by atoms with E-state index in [9.17, 15) is 9.59 Å². The third-order valence-corrected chi connectivity index (χ3v) is 3.52. The molecule has 1 aromatic rings. The quantitative estimate of drug-likeness (QED) is 0.517. The first kappa shape index (κ1) is 20.5. The Kier molecular flexibility index (Phi) is 9.14. The summed E-state index contributed by atoms with van der Waals surface area (Å²) in [4.78, 5) is 25.7. The highest BCUT2D eigenvalue weighted by atomic mass is 16.5. The second-order valence-corrected chi connectivity index (χ2v) is 5.25. The molecule has 0 saturated heterocycles. The number of carbonyl (C=O) groups is 2. The molecular weight excluding hydrogens is 320 g/mol. The van der Waals surface area contributed by atoms with Crippen LogP contribution >= 0.6 is 0 Å². The standard InChI is InChI=1S/C19H28N2O4/c1-5-21(6-2)17-11-9-15(10-12-17)20-16(13-18(22)24-7-3)14-19(23)25-8-4/h9-13,20H,5-8,14H2,1-4H3. The highest BCUT2D eigenvalue weighted by Crippen LogP contribution is 2.19. The molecule has 6 heteroatoms. The molecule has 1 N–H and O–H groups in total. The van der Waals surface area contributed by atoms with Gasteiger partial charge in [0.25, 0.3) is 0 Å². The average molecular weight is 348 g/mol. The van der Waals surface area contributed by atoms with E-state index in [4.69, 9.17) is 9.47 Å². The summed E-state index contributed by atoms with van der Waals surface area (Å²) in [6.07, 6.45) is 1.27. The minimum atomic E-state index is -0.492. The Bertz CT molecular complexity index is 578. The van der Waals surface area contributed by atoms with Crippen molar-refractivity contribution in [2.24, 2.45) is 0 Å². The Morgan fingerprint density at radius 3 is 2.12 bits per heavy atom. The van der Waals surface area contributed by atoms with Crippen LogP contribution in [0.3, 0.4) is 0 Å². The monoisotopic (exact) mass is 348 g/mol. The van der Waals surface area contributed by atoms with Gasteiger partial charge in [-0.15, -0.1) is 0 Å². The van der Waals surface area contributed by atoms with Gasteiger partial charge >= 0.3 is 11.9 Å². The van der Waals surface area contributed by atoms with Gasteiger partial charge in [0, 0.05) is 36.2 Å². The lowest BCUT2D eigenvalue weighted by Gasteiger charge is -2.21. The zero-order valence-corrected chi connectivity index (χ0v) is 15.5. The van der Waals surface area contributed by atoms with Crippen molar-refractivity contribution in [3.05, 3.63) is 36.0 Å². The maximum atomic E-state index is 11.7. The molecule has 0 aliphatic rings. The molecule has 0 atom stereocenters. The summed E-state index contributed by atoms with van der Waals surface area (Å²) < 4.78 is 9.87. The molecule has 25 heavy (non-hydrogen) atoms. The molecule has 6 nitrogen and oxygen atoms in total. The van der Waals surface area contributed by atoms with Gasteiger partial charge in [0.15, 0.2) is 0 Å². The van der Waals surface area contributed by atoms with Crippen molar-refractivity contribution in [3.8, 4) is 0 Å². The molecule has 0 saturated carbocycles. The number of rotatable bonds is 10. The largest absolute Gasteiger partial charge is 0.466 e. The molecule has 0 radical (unpaired) electrons. The second-order valence-electron chi connectivity index (χ2n) is 5.25. The molecule has 1 rings (SSSR count). The van der Waals surface area contributed by atoms with E-state index in [1.807, 2.05) is 24.3 Å². The number of benzene rings is 1. The van der Waals surface area contributed by atoms with Crippen molar-refractivity contribution >= 4 is 23.3 Å². The molecule has 0 heterocycles. The first-order chi connectivity index (χ1) is 12.0. The molecule has 0 amide bonds. The number of anilines is 2. The maximum Gasteiger partial charge on any atom is 0.332 e. The lowest BCUT2D eigenvalue weighted by atomic mass is 10.2. The van der Waals surface area contributed by atoms with Crippen LogP contribution in [-0.2, 0) is 19.1 Å². The Hall–Kier alpha value is -2.50. The highest BCUT2D eigenvalue weighted by Gasteiger charge is 2.10. The fourth-order valence-corrected chi connectivity index (χ4v) is 2.35. The summed E-state index contributed by atoms with van der Waals surface area (Å²) in [5, 5.41) is 3.10. The topological polar surface area (TPSA) is 67.9 Å². The summed E-state index contributed by atoms with van der Waals surface area (Å²) in [7, 11) is 0. The molecule has 0 aliphatic carbocycles. The zero-order valence-electron chi connectivity index (χ0n) is 15.5. The average Bonchev–Trinajstić information content (AvgIpc) is 2.57. The highest BCUT2D eigenvalue weighted by molar-refractivity contribution is 5.85. The van der Waals surface area contributed by atoms with Gasteiger partial charge in [0.2, 0.25) is 0 Å². The van der Waals surface area contributed by atoms with Crippen molar-refractivity contribution in [3.63, 3.8) is 0 Å². The van der Waals surface area contributed by atoms with E-state index in [0.29, 0.717) is 12.3 Å². The van der Waals surface area contributed by atoms with Gasteiger partial charge in [0.05, 0.1) is 19.6 Å². The number of hydrogen-bond acceptors (Lipinski definition) is 6. The van der Waals surface area contributed by atoms with Gasteiger partial charge < -0.3 is 19.7 Å². The summed E-state index contributed by atoms with van der Waals surface area (Å²) in [5.74, 6) is -0.889. The Morgan fingerprint density at radius 1 is 1.00 bits per heavy atom. The fraction of sp³-hybridized carbons (Fsp3) is 0.474. The van der Waals surface area contributed by atoms with Crippen LogP contribution in [0.25, 0.3) is 0 Å². The van der Waals surface area contributed by atoms with E-state index in [0.717, 1.165) is 24.5 Å². The predicted molar refractivity (Wildman–Crippen MR) is 99.6 cm³/mol. The van der Waals surface area contributed by atoms with Crippen molar-refractivity contribution < 1.29 is 19.1 Å². The molecule has 0 aromatic heterocycles. The fourth-order valence-electron chi connectivity index (χ4n) is 2.35. The van der Waals surface area contributed by atoms with Crippen molar-refractivity contribution in [1.29, 1.82) is 0 Å². The van der Waals surface area contributed by atoms with Crippen LogP contribution in [-0.4, -0.2) is 38.2 Å². The van der Waals surface area contributed by atoms with Crippen LogP contribution in [0.15, 0.2) is 36.0 Å². The van der Waals surface area contributed by atoms with Crippen LogP contribution in [0.4, 0.5) is 11.4 Å². The summed E-state index contributed by atoms with van der Waals surface area (Å²) in [6, 6.07) is 7.83. The number of nitrogens with zero attached hydrogens (tertiary/aromatic N) is 1. The van der Waals surface area contributed by atoms with Crippen LogP contribution in [0, 0.1) is 0 Å². The molecule has 0 aliphatic heterocycles. The molecule has 0 spiro atoms. The second kappa shape index (κ2) is 11.1. The van der Waals surface area contributed by atoms with E-state index in [1.54, 1.807) is 13.8 Å². The van der Waals surface area contributed by atoms with Crippen LogP contribution in [0.5, 0.6) is 0 Å². The number of hydrogen-bond donors (Lipinski definition) is 1. The van der Waals surface area contributed by atoms with E-state index >= 15 is 0 Å². The Labute approximate surface area is 149 Å². The van der Waals surface area contributed by atoms with Gasteiger partial charge in [-0.2, -0.15) is 0 Å². The maximum absolute atomic E-state index is 11.7. The number of ether oxygens (including phenoxy) is 2. The molecule has 1 aromatic carbocycles. The molecule has 138 valence electrons. The van der Waals surface area contributed by atoms with Crippen molar-refractivity contribution in [2.75, 3.05) is 36.5 Å². The smallest absolute Gasteiger partial charge is 0.332 e. The molecule has 0 unspecified atom stereocenters. The van der Waals surface area contributed by atoms with E-state index in [2.05, 4.69) is 24.1 Å².